The zero-order valence-corrected chi connectivity index (χ0v) is 8.44. The largest absolute Gasteiger partial charge is 0.393 e. The molecule has 1 aromatic carbocycles. The molecule has 0 spiro atoms. The third-order valence-corrected chi connectivity index (χ3v) is 2.15. The Morgan fingerprint density at radius 3 is 2.36 bits per heavy atom. The van der Waals surface area contributed by atoms with Gasteiger partial charge in [0.25, 0.3) is 0 Å². The van der Waals surface area contributed by atoms with Crippen molar-refractivity contribution in [3.05, 3.63) is 35.4 Å². The Balaban J connectivity index is 3.16. The van der Waals surface area contributed by atoms with Gasteiger partial charge in [-0.2, -0.15) is 0 Å². The molecular weight excluding hydrogens is 180 g/mol. The minimum absolute atomic E-state index is 0.340. The molecular formula is C11H16O3. The quantitative estimate of drug-likeness (QED) is 0.674. The standard InChI is InChI=1S/C11H16O3/c1-11(2,14)9-6-4-3-5-8(9)10(13)7-12/h3-6,10,12-14H,7H2,1-2H3. The lowest BCUT2D eigenvalue weighted by atomic mass is 9.91. The van der Waals surface area contributed by atoms with Gasteiger partial charge in [0, 0.05) is 0 Å². The first kappa shape index (κ1) is 11.2. The molecule has 0 aromatic heterocycles. The third kappa shape index (κ3) is 2.32. The van der Waals surface area contributed by atoms with Crippen molar-refractivity contribution in [3.63, 3.8) is 0 Å². The van der Waals surface area contributed by atoms with Crippen molar-refractivity contribution in [2.24, 2.45) is 0 Å². The summed E-state index contributed by atoms with van der Waals surface area (Å²) < 4.78 is 0. The first-order valence-corrected chi connectivity index (χ1v) is 4.57. The van der Waals surface area contributed by atoms with Crippen LogP contribution in [0, 0.1) is 0 Å². The van der Waals surface area contributed by atoms with E-state index in [0.29, 0.717) is 11.1 Å². The fourth-order valence-corrected chi connectivity index (χ4v) is 1.44. The summed E-state index contributed by atoms with van der Waals surface area (Å²) in [6, 6.07) is 7.01. The molecule has 0 amide bonds. The number of aliphatic hydroxyl groups excluding tert-OH is 2. The van der Waals surface area contributed by atoms with Gasteiger partial charge in [0.15, 0.2) is 0 Å². The Hall–Kier alpha value is -0.900. The fourth-order valence-electron chi connectivity index (χ4n) is 1.44. The molecule has 0 saturated heterocycles. The molecule has 1 rings (SSSR count). The van der Waals surface area contributed by atoms with E-state index in [9.17, 15) is 10.2 Å². The molecule has 3 heteroatoms. The van der Waals surface area contributed by atoms with Gasteiger partial charge in [0.2, 0.25) is 0 Å². The smallest absolute Gasteiger partial charge is 0.102 e. The van der Waals surface area contributed by atoms with E-state index in [4.69, 9.17) is 5.11 Å². The summed E-state index contributed by atoms with van der Waals surface area (Å²) in [5.41, 5.74) is 0.205. The topological polar surface area (TPSA) is 60.7 Å². The molecule has 0 aliphatic heterocycles. The Morgan fingerprint density at radius 2 is 1.86 bits per heavy atom. The van der Waals surface area contributed by atoms with Crippen molar-refractivity contribution in [1.29, 1.82) is 0 Å². The summed E-state index contributed by atoms with van der Waals surface area (Å²) in [6.45, 7) is 2.96. The monoisotopic (exact) mass is 196 g/mol. The van der Waals surface area contributed by atoms with E-state index in [1.54, 1.807) is 38.1 Å². The molecule has 0 heterocycles. The Labute approximate surface area is 83.6 Å². The predicted molar refractivity (Wildman–Crippen MR) is 53.7 cm³/mol. The third-order valence-electron chi connectivity index (χ3n) is 2.15. The minimum Gasteiger partial charge on any atom is -0.393 e. The molecule has 14 heavy (non-hydrogen) atoms. The van der Waals surface area contributed by atoms with Crippen molar-refractivity contribution in [3.8, 4) is 0 Å². The van der Waals surface area contributed by atoms with Crippen LogP contribution in [0.1, 0.15) is 31.1 Å². The van der Waals surface area contributed by atoms with Crippen LogP contribution in [0.4, 0.5) is 0 Å². The summed E-state index contributed by atoms with van der Waals surface area (Å²) in [7, 11) is 0. The van der Waals surface area contributed by atoms with Crippen LogP contribution in [0.2, 0.25) is 0 Å². The summed E-state index contributed by atoms with van der Waals surface area (Å²) in [6.07, 6.45) is -0.933. The van der Waals surface area contributed by atoms with Gasteiger partial charge in [-0.25, -0.2) is 0 Å². The molecule has 3 N–H and O–H groups in total. The van der Waals surface area contributed by atoms with Gasteiger partial charge < -0.3 is 15.3 Å². The van der Waals surface area contributed by atoms with Crippen LogP contribution >= 0.6 is 0 Å². The molecule has 3 nitrogen and oxygen atoms in total. The van der Waals surface area contributed by atoms with Gasteiger partial charge in [-0.15, -0.1) is 0 Å². The van der Waals surface area contributed by atoms with Crippen molar-refractivity contribution in [1.82, 2.24) is 0 Å². The maximum atomic E-state index is 9.82. The average Bonchev–Trinajstić information content (AvgIpc) is 2.15. The maximum Gasteiger partial charge on any atom is 0.102 e. The second kappa shape index (κ2) is 4.09. The van der Waals surface area contributed by atoms with Crippen LogP contribution in [-0.4, -0.2) is 21.9 Å². The SMILES string of the molecule is CC(C)(O)c1ccccc1C(O)CO. The molecule has 0 bridgehead atoms. The fraction of sp³-hybridized carbons (Fsp3) is 0.455. The van der Waals surface area contributed by atoms with Crippen LogP contribution in [0.15, 0.2) is 24.3 Å². The second-order valence-electron chi connectivity index (χ2n) is 3.84. The van der Waals surface area contributed by atoms with E-state index < -0.39 is 11.7 Å². The highest BCUT2D eigenvalue weighted by molar-refractivity contribution is 5.33. The van der Waals surface area contributed by atoms with E-state index >= 15 is 0 Å². The predicted octanol–water partition coefficient (Wildman–Crippen LogP) is 0.940. The summed E-state index contributed by atoms with van der Waals surface area (Å²) in [5, 5.41) is 28.2. The van der Waals surface area contributed by atoms with Gasteiger partial charge in [-0.05, 0) is 25.0 Å². The van der Waals surface area contributed by atoms with Gasteiger partial charge in [0.1, 0.15) is 6.10 Å². The van der Waals surface area contributed by atoms with Crippen LogP contribution in [0.25, 0.3) is 0 Å². The normalized spacial score (nSPS) is 14.1. The number of hydrogen-bond donors (Lipinski definition) is 3. The Kier molecular flexibility index (Phi) is 3.26. The minimum atomic E-state index is -1.01. The van der Waals surface area contributed by atoms with E-state index in [1.807, 2.05) is 0 Å². The van der Waals surface area contributed by atoms with Gasteiger partial charge in [-0.1, -0.05) is 24.3 Å². The van der Waals surface area contributed by atoms with Gasteiger partial charge in [0.05, 0.1) is 12.2 Å². The highest BCUT2D eigenvalue weighted by Gasteiger charge is 2.22. The summed E-state index contributed by atoms with van der Waals surface area (Å²) in [4.78, 5) is 0. The molecule has 0 aliphatic rings. The lowest BCUT2D eigenvalue weighted by Crippen LogP contribution is -2.20. The molecule has 1 aromatic rings. The van der Waals surface area contributed by atoms with E-state index in [0.717, 1.165) is 0 Å². The van der Waals surface area contributed by atoms with Crippen molar-refractivity contribution >= 4 is 0 Å². The first-order valence-electron chi connectivity index (χ1n) is 4.57. The molecule has 0 radical (unpaired) electrons. The molecule has 1 atom stereocenters. The first-order chi connectivity index (χ1) is 6.46. The van der Waals surface area contributed by atoms with E-state index in [2.05, 4.69) is 0 Å². The van der Waals surface area contributed by atoms with Gasteiger partial charge >= 0.3 is 0 Å². The molecule has 78 valence electrons. The van der Waals surface area contributed by atoms with Crippen molar-refractivity contribution in [2.75, 3.05) is 6.61 Å². The highest BCUT2D eigenvalue weighted by Crippen LogP contribution is 2.27. The number of hydrogen-bond acceptors (Lipinski definition) is 3. The second-order valence-corrected chi connectivity index (χ2v) is 3.84. The zero-order valence-electron chi connectivity index (χ0n) is 8.44. The molecule has 1 unspecified atom stereocenters. The summed E-state index contributed by atoms with van der Waals surface area (Å²) in [5.74, 6) is 0. The average molecular weight is 196 g/mol. The Bertz CT molecular complexity index is 302. The molecule has 0 aliphatic carbocycles. The molecule has 0 fully saturated rings. The number of benzene rings is 1. The van der Waals surface area contributed by atoms with Crippen molar-refractivity contribution in [2.45, 2.75) is 25.6 Å². The van der Waals surface area contributed by atoms with E-state index in [1.165, 1.54) is 0 Å². The van der Waals surface area contributed by atoms with Crippen LogP contribution in [0.3, 0.4) is 0 Å². The molecule has 0 saturated carbocycles. The van der Waals surface area contributed by atoms with E-state index in [-0.39, 0.29) is 6.61 Å². The van der Waals surface area contributed by atoms with Crippen molar-refractivity contribution < 1.29 is 15.3 Å². The van der Waals surface area contributed by atoms with Crippen LogP contribution in [-0.2, 0) is 5.60 Å². The zero-order chi connectivity index (χ0) is 10.8. The Morgan fingerprint density at radius 1 is 1.29 bits per heavy atom. The highest BCUT2D eigenvalue weighted by atomic mass is 16.3. The van der Waals surface area contributed by atoms with Crippen LogP contribution < -0.4 is 0 Å². The number of rotatable bonds is 3. The maximum absolute atomic E-state index is 9.82. The lowest BCUT2D eigenvalue weighted by molar-refractivity contribution is 0.0638. The van der Waals surface area contributed by atoms with Gasteiger partial charge in [-0.3, -0.25) is 0 Å². The number of aliphatic hydroxyl groups is 3. The summed E-state index contributed by atoms with van der Waals surface area (Å²) >= 11 is 0. The lowest BCUT2D eigenvalue weighted by Gasteiger charge is -2.23. The van der Waals surface area contributed by atoms with Crippen LogP contribution in [0.5, 0.6) is 0 Å².